The lowest BCUT2D eigenvalue weighted by Crippen LogP contribution is -2.38. The molecule has 2 heterocycles. The number of furan rings is 1. The maximum Gasteiger partial charge on any atom is 0.234 e. The first kappa shape index (κ1) is 20.1. The molecule has 1 amide bonds. The minimum Gasteiger partial charge on any atom is -0.468 e. The normalized spacial score (nSPS) is 20.1. The number of rotatable bonds is 10. The lowest BCUT2D eigenvalue weighted by molar-refractivity contribution is -0.123. The first-order chi connectivity index (χ1) is 13.2. The Kier molecular flexibility index (Phi) is 7.93. The van der Waals surface area contributed by atoms with Crippen molar-refractivity contribution in [3.05, 3.63) is 46.5 Å². The second-order valence-electron chi connectivity index (χ2n) is 7.32. The van der Waals surface area contributed by atoms with Gasteiger partial charge < -0.3 is 14.5 Å². The summed E-state index contributed by atoms with van der Waals surface area (Å²) < 4.78 is 11.4. The van der Waals surface area contributed by atoms with Crippen LogP contribution in [0.1, 0.15) is 43.2 Å². The van der Waals surface area contributed by atoms with Crippen molar-refractivity contribution in [3.63, 3.8) is 0 Å². The second kappa shape index (κ2) is 10.6. The molecular formula is C21H30N2O3S. The van der Waals surface area contributed by atoms with E-state index in [2.05, 4.69) is 28.6 Å². The number of carbonyl (C=O) groups is 1. The Labute approximate surface area is 165 Å². The minimum absolute atomic E-state index is 0.0263. The molecule has 0 saturated heterocycles. The zero-order valence-electron chi connectivity index (χ0n) is 16.1. The molecule has 1 saturated carbocycles. The minimum atomic E-state index is 0.0263. The zero-order valence-corrected chi connectivity index (χ0v) is 16.9. The summed E-state index contributed by atoms with van der Waals surface area (Å²) in [5, 5.41) is 5.05. The smallest absolute Gasteiger partial charge is 0.234 e. The highest BCUT2D eigenvalue weighted by Gasteiger charge is 2.21. The topological polar surface area (TPSA) is 54.7 Å². The van der Waals surface area contributed by atoms with Gasteiger partial charge in [0.05, 0.1) is 32.1 Å². The van der Waals surface area contributed by atoms with E-state index in [1.807, 2.05) is 18.2 Å². The number of nitrogens with one attached hydrogen (secondary N) is 1. The SMILES string of the molecule is CC1CCCCC1OCCNC(=O)CN(Cc1ccco1)Cc1cccs1. The molecule has 1 fully saturated rings. The van der Waals surface area contributed by atoms with E-state index < -0.39 is 0 Å². The molecule has 148 valence electrons. The van der Waals surface area contributed by atoms with Crippen LogP contribution in [0.15, 0.2) is 40.3 Å². The van der Waals surface area contributed by atoms with Crippen LogP contribution >= 0.6 is 11.3 Å². The fourth-order valence-electron chi connectivity index (χ4n) is 3.60. The fourth-order valence-corrected chi connectivity index (χ4v) is 4.35. The molecule has 2 aromatic rings. The molecule has 0 bridgehead atoms. The number of nitrogens with zero attached hydrogens (tertiary/aromatic N) is 1. The predicted octanol–water partition coefficient (Wildman–Crippen LogP) is 4.05. The van der Waals surface area contributed by atoms with Crippen LogP contribution in [0.4, 0.5) is 0 Å². The third kappa shape index (κ3) is 6.79. The summed E-state index contributed by atoms with van der Waals surface area (Å²) in [4.78, 5) is 15.7. The van der Waals surface area contributed by atoms with Gasteiger partial charge in [-0.2, -0.15) is 0 Å². The maximum atomic E-state index is 12.4. The Morgan fingerprint density at radius 1 is 1.30 bits per heavy atom. The van der Waals surface area contributed by atoms with Gasteiger partial charge in [0.2, 0.25) is 5.91 Å². The summed E-state index contributed by atoms with van der Waals surface area (Å²) in [5.41, 5.74) is 0. The van der Waals surface area contributed by atoms with E-state index in [-0.39, 0.29) is 5.91 Å². The summed E-state index contributed by atoms with van der Waals surface area (Å²) in [6, 6.07) is 7.95. The fraction of sp³-hybridized carbons (Fsp3) is 0.571. The van der Waals surface area contributed by atoms with E-state index in [0.717, 1.165) is 18.7 Å². The van der Waals surface area contributed by atoms with Gasteiger partial charge in [-0.1, -0.05) is 25.8 Å². The van der Waals surface area contributed by atoms with Crippen LogP contribution in [-0.4, -0.2) is 36.6 Å². The van der Waals surface area contributed by atoms with Crippen LogP contribution in [0.3, 0.4) is 0 Å². The van der Waals surface area contributed by atoms with Crippen LogP contribution in [0.2, 0.25) is 0 Å². The van der Waals surface area contributed by atoms with Crippen molar-refractivity contribution in [2.75, 3.05) is 19.7 Å². The van der Waals surface area contributed by atoms with Crippen LogP contribution in [0, 0.1) is 5.92 Å². The molecule has 5 nitrogen and oxygen atoms in total. The molecule has 2 aromatic heterocycles. The first-order valence-corrected chi connectivity index (χ1v) is 10.7. The van der Waals surface area contributed by atoms with Crippen molar-refractivity contribution in [1.82, 2.24) is 10.2 Å². The highest BCUT2D eigenvalue weighted by Crippen LogP contribution is 2.26. The lowest BCUT2D eigenvalue weighted by Gasteiger charge is -2.28. The van der Waals surface area contributed by atoms with Crippen LogP contribution < -0.4 is 5.32 Å². The number of ether oxygens (including phenoxy) is 1. The Morgan fingerprint density at radius 2 is 2.19 bits per heavy atom. The van der Waals surface area contributed by atoms with Crippen molar-refractivity contribution in [1.29, 1.82) is 0 Å². The molecule has 6 heteroatoms. The van der Waals surface area contributed by atoms with Gasteiger partial charge >= 0.3 is 0 Å². The van der Waals surface area contributed by atoms with Crippen molar-refractivity contribution in [3.8, 4) is 0 Å². The lowest BCUT2D eigenvalue weighted by atomic mass is 9.88. The molecule has 1 aliphatic carbocycles. The number of hydrogen-bond acceptors (Lipinski definition) is 5. The van der Waals surface area contributed by atoms with Gasteiger partial charge in [0, 0.05) is 18.0 Å². The van der Waals surface area contributed by atoms with Gasteiger partial charge in [-0.3, -0.25) is 9.69 Å². The second-order valence-corrected chi connectivity index (χ2v) is 8.36. The van der Waals surface area contributed by atoms with E-state index in [1.165, 1.54) is 24.1 Å². The summed E-state index contributed by atoms with van der Waals surface area (Å²) >= 11 is 1.70. The van der Waals surface area contributed by atoms with Crippen LogP contribution in [0.25, 0.3) is 0 Å². The molecule has 0 aliphatic heterocycles. The quantitative estimate of drug-likeness (QED) is 0.622. The number of carbonyl (C=O) groups excluding carboxylic acids is 1. The molecule has 2 atom stereocenters. The Bertz CT molecular complexity index is 621. The van der Waals surface area contributed by atoms with Crippen molar-refractivity contribution in [2.24, 2.45) is 5.92 Å². The molecular weight excluding hydrogens is 360 g/mol. The monoisotopic (exact) mass is 390 g/mol. The summed E-state index contributed by atoms with van der Waals surface area (Å²) in [6.45, 7) is 5.12. The van der Waals surface area contributed by atoms with Gasteiger partial charge in [0.15, 0.2) is 0 Å². The van der Waals surface area contributed by atoms with Crippen LogP contribution in [0.5, 0.6) is 0 Å². The van der Waals surface area contributed by atoms with E-state index >= 15 is 0 Å². The molecule has 1 N–H and O–H groups in total. The average molecular weight is 391 g/mol. The van der Waals surface area contributed by atoms with E-state index in [0.29, 0.717) is 38.3 Å². The first-order valence-electron chi connectivity index (χ1n) is 9.86. The molecule has 0 aromatic carbocycles. The van der Waals surface area contributed by atoms with E-state index in [9.17, 15) is 4.79 Å². The summed E-state index contributed by atoms with van der Waals surface area (Å²) in [6.07, 6.45) is 6.99. The van der Waals surface area contributed by atoms with E-state index in [4.69, 9.17) is 9.15 Å². The molecule has 1 aliphatic rings. The maximum absolute atomic E-state index is 12.4. The third-order valence-electron chi connectivity index (χ3n) is 5.08. The molecule has 0 radical (unpaired) electrons. The summed E-state index contributed by atoms with van der Waals surface area (Å²) in [7, 11) is 0. The predicted molar refractivity (Wildman–Crippen MR) is 108 cm³/mol. The van der Waals surface area contributed by atoms with Gasteiger partial charge in [0.1, 0.15) is 5.76 Å². The van der Waals surface area contributed by atoms with Gasteiger partial charge in [-0.05, 0) is 42.3 Å². The molecule has 2 unspecified atom stereocenters. The van der Waals surface area contributed by atoms with Crippen molar-refractivity contribution < 1.29 is 13.9 Å². The number of thiophene rings is 1. The Morgan fingerprint density at radius 3 is 2.93 bits per heavy atom. The largest absolute Gasteiger partial charge is 0.468 e. The molecule has 27 heavy (non-hydrogen) atoms. The van der Waals surface area contributed by atoms with Gasteiger partial charge in [-0.25, -0.2) is 0 Å². The number of hydrogen-bond donors (Lipinski definition) is 1. The highest BCUT2D eigenvalue weighted by molar-refractivity contribution is 7.09. The summed E-state index contributed by atoms with van der Waals surface area (Å²) in [5.74, 6) is 1.52. The number of amides is 1. The van der Waals surface area contributed by atoms with Crippen molar-refractivity contribution in [2.45, 2.75) is 51.8 Å². The molecule has 3 rings (SSSR count). The Hall–Kier alpha value is -1.63. The highest BCUT2D eigenvalue weighted by atomic mass is 32.1. The van der Waals surface area contributed by atoms with Crippen LogP contribution in [-0.2, 0) is 22.6 Å². The third-order valence-corrected chi connectivity index (χ3v) is 5.94. The van der Waals surface area contributed by atoms with Crippen molar-refractivity contribution >= 4 is 17.2 Å². The average Bonchev–Trinajstić information content (AvgIpc) is 3.34. The standard InChI is InChI=1S/C21H30N2O3S/c1-17-6-2-3-9-20(17)26-12-10-22-21(24)16-23(14-18-7-4-11-25-18)15-19-8-5-13-27-19/h4-5,7-8,11,13,17,20H,2-3,6,9-10,12,14-16H2,1H3,(H,22,24). The Balaban J connectivity index is 1.41. The molecule has 0 spiro atoms. The van der Waals surface area contributed by atoms with E-state index in [1.54, 1.807) is 17.6 Å². The van der Waals surface area contributed by atoms with Gasteiger partial charge in [0.25, 0.3) is 0 Å². The van der Waals surface area contributed by atoms with Gasteiger partial charge in [-0.15, -0.1) is 11.3 Å². The zero-order chi connectivity index (χ0) is 18.9.